The number of nitrogens with zero attached hydrogens (tertiary/aromatic N) is 1. The van der Waals surface area contributed by atoms with Crippen molar-refractivity contribution in [3.63, 3.8) is 0 Å². The molecule has 0 radical (unpaired) electrons. The van der Waals surface area contributed by atoms with Crippen molar-refractivity contribution in [1.29, 1.82) is 0 Å². The van der Waals surface area contributed by atoms with Crippen LogP contribution in [0.3, 0.4) is 0 Å². The van der Waals surface area contributed by atoms with E-state index in [0.29, 0.717) is 11.6 Å². The third-order valence-corrected chi connectivity index (χ3v) is 2.34. The van der Waals surface area contributed by atoms with Crippen molar-refractivity contribution in [2.75, 3.05) is 13.1 Å². The first-order valence-corrected chi connectivity index (χ1v) is 5.18. The second-order valence-electron chi connectivity index (χ2n) is 2.84. The lowest BCUT2D eigenvalue weighted by molar-refractivity contribution is 0.738. The standard InChI is InChI=1S/C10H12Cl2N2/c11-6-10(12)8-14-5-3-9-2-1-4-13-7-9/h1-2,4,6-7,14H,3,5,8H2. The lowest BCUT2D eigenvalue weighted by atomic mass is 10.2. The molecule has 0 saturated carbocycles. The summed E-state index contributed by atoms with van der Waals surface area (Å²) in [5.74, 6) is 0. The van der Waals surface area contributed by atoms with Crippen LogP contribution in [-0.4, -0.2) is 18.1 Å². The number of rotatable bonds is 5. The molecule has 1 aromatic heterocycles. The number of hydrogen-bond acceptors (Lipinski definition) is 2. The minimum absolute atomic E-state index is 0.616. The molecular formula is C10H12Cl2N2. The number of halogens is 2. The number of aromatic nitrogens is 1. The van der Waals surface area contributed by atoms with Gasteiger partial charge in [-0.1, -0.05) is 29.3 Å². The maximum atomic E-state index is 5.70. The highest BCUT2D eigenvalue weighted by Gasteiger charge is 1.93. The molecule has 76 valence electrons. The highest BCUT2D eigenvalue weighted by Crippen LogP contribution is 2.00. The van der Waals surface area contributed by atoms with E-state index in [0.717, 1.165) is 13.0 Å². The summed E-state index contributed by atoms with van der Waals surface area (Å²) in [5, 5.41) is 3.80. The van der Waals surface area contributed by atoms with Crippen LogP contribution in [-0.2, 0) is 6.42 Å². The van der Waals surface area contributed by atoms with Crippen LogP contribution in [0.1, 0.15) is 5.56 Å². The van der Waals surface area contributed by atoms with Gasteiger partial charge in [0.05, 0.1) is 0 Å². The molecule has 0 aliphatic heterocycles. The van der Waals surface area contributed by atoms with Gasteiger partial charge in [0.15, 0.2) is 0 Å². The number of hydrogen-bond donors (Lipinski definition) is 1. The fourth-order valence-electron chi connectivity index (χ4n) is 1.03. The van der Waals surface area contributed by atoms with Crippen LogP contribution in [0.4, 0.5) is 0 Å². The van der Waals surface area contributed by atoms with E-state index >= 15 is 0 Å². The van der Waals surface area contributed by atoms with Gasteiger partial charge in [0, 0.05) is 29.5 Å². The maximum absolute atomic E-state index is 5.70. The first kappa shape index (κ1) is 11.5. The van der Waals surface area contributed by atoms with Gasteiger partial charge in [-0.15, -0.1) is 0 Å². The Morgan fingerprint density at radius 2 is 2.43 bits per heavy atom. The van der Waals surface area contributed by atoms with Crippen LogP contribution in [0.2, 0.25) is 0 Å². The van der Waals surface area contributed by atoms with Crippen molar-refractivity contribution in [1.82, 2.24) is 10.3 Å². The Bertz CT molecular complexity index is 285. The summed E-state index contributed by atoms with van der Waals surface area (Å²) in [7, 11) is 0. The molecule has 1 heterocycles. The highest BCUT2D eigenvalue weighted by molar-refractivity contribution is 6.36. The Morgan fingerprint density at radius 1 is 1.57 bits per heavy atom. The van der Waals surface area contributed by atoms with Gasteiger partial charge >= 0.3 is 0 Å². The Kier molecular flexibility index (Phi) is 5.60. The zero-order valence-corrected chi connectivity index (χ0v) is 9.22. The Morgan fingerprint density at radius 3 is 3.07 bits per heavy atom. The van der Waals surface area contributed by atoms with Crippen molar-refractivity contribution in [3.05, 3.63) is 40.7 Å². The van der Waals surface area contributed by atoms with E-state index in [-0.39, 0.29) is 0 Å². The zero-order chi connectivity index (χ0) is 10.2. The normalized spacial score (nSPS) is 11.7. The van der Waals surface area contributed by atoms with Gasteiger partial charge in [-0.25, -0.2) is 0 Å². The average Bonchev–Trinajstić information content (AvgIpc) is 2.25. The van der Waals surface area contributed by atoms with E-state index < -0.39 is 0 Å². The van der Waals surface area contributed by atoms with Crippen molar-refractivity contribution < 1.29 is 0 Å². The highest BCUT2D eigenvalue weighted by atomic mass is 35.5. The Balaban J connectivity index is 2.17. The van der Waals surface area contributed by atoms with Gasteiger partial charge in [-0.2, -0.15) is 0 Å². The molecule has 2 nitrogen and oxygen atoms in total. The smallest absolute Gasteiger partial charge is 0.0431 e. The molecule has 4 heteroatoms. The monoisotopic (exact) mass is 230 g/mol. The lowest BCUT2D eigenvalue weighted by Crippen LogP contribution is -2.18. The van der Waals surface area contributed by atoms with Gasteiger partial charge < -0.3 is 5.32 Å². The zero-order valence-electron chi connectivity index (χ0n) is 7.71. The first-order chi connectivity index (χ1) is 6.83. The Labute approximate surface area is 93.9 Å². The van der Waals surface area contributed by atoms with Crippen LogP contribution in [0.15, 0.2) is 35.1 Å². The predicted molar refractivity (Wildman–Crippen MR) is 60.6 cm³/mol. The van der Waals surface area contributed by atoms with Crippen LogP contribution >= 0.6 is 23.2 Å². The van der Waals surface area contributed by atoms with Gasteiger partial charge in [-0.3, -0.25) is 4.98 Å². The second-order valence-corrected chi connectivity index (χ2v) is 3.55. The van der Waals surface area contributed by atoms with Gasteiger partial charge in [0.2, 0.25) is 0 Å². The molecule has 0 fully saturated rings. The Hall–Kier alpha value is -0.570. The van der Waals surface area contributed by atoms with E-state index in [4.69, 9.17) is 23.2 Å². The molecule has 0 atom stereocenters. The van der Waals surface area contributed by atoms with Crippen molar-refractivity contribution in [2.45, 2.75) is 6.42 Å². The summed E-state index contributed by atoms with van der Waals surface area (Å²) in [6.45, 7) is 1.48. The molecule has 0 aromatic carbocycles. The van der Waals surface area contributed by atoms with E-state index in [1.165, 1.54) is 11.1 Å². The van der Waals surface area contributed by atoms with Gasteiger partial charge in [-0.05, 0) is 24.6 Å². The molecular weight excluding hydrogens is 219 g/mol. The van der Waals surface area contributed by atoms with Crippen LogP contribution in [0, 0.1) is 0 Å². The molecule has 0 spiro atoms. The largest absolute Gasteiger partial charge is 0.311 e. The lowest BCUT2D eigenvalue weighted by Gasteiger charge is -2.02. The summed E-state index contributed by atoms with van der Waals surface area (Å²) in [6.07, 6.45) is 4.57. The topological polar surface area (TPSA) is 24.9 Å². The molecule has 0 unspecified atom stereocenters. The molecule has 0 amide bonds. The summed E-state index contributed by atoms with van der Waals surface area (Å²) in [4.78, 5) is 4.03. The SMILES string of the molecule is ClC=C(Cl)CNCCc1cccnc1. The second kappa shape index (κ2) is 6.82. The van der Waals surface area contributed by atoms with E-state index in [1.807, 2.05) is 18.3 Å². The van der Waals surface area contributed by atoms with Crippen LogP contribution in [0.5, 0.6) is 0 Å². The quantitative estimate of drug-likeness (QED) is 0.787. The van der Waals surface area contributed by atoms with Crippen molar-refractivity contribution >= 4 is 23.2 Å². The number of pyridine rings is 1. The molecule has 1 N–H and O–H groups in total. The van der Waals surface area contributed by atoms with Gasteiger partial charge in [0.1, 0.15) is 0 Å². The molecule has 0 aliphatic carbocycles. The predicted octanol–water partition coefficient (Wildman–Crippen LogP) is 2.53. The molecule has 0 aliphatic rings. The fraction of sp³-hybridized carbons (Fsp3) is 0.300. The summed E-state index contributed by atoms with van der Waals surface area (Å²) in [5.41, 5.74) is 2.59. The molecule has 14 heavy (non-hydrogen) atoms. The first-order valence-electron chi connectivity index (χ1n) is 4.37. The molecule has 0 saturated heterocycles. The third kappa shape index (κ3) is 4.61. The van der Waals surface area contributed by atoms with Crippen LogP contribution < -0.4 is 5.32 Å². The van der Waals surface area contributed by atoms with Crippen molar-refractivity contribution in [3.8, 4) is 0 Å². The summed E-state index contributed by atoms with van der Waals surface area (Å²) >= 11 is 11.1. The van der Waals surface area contributed by atoms with E-state index in [1.54, 1.807) is 6.20 Å². The molecule has 0 bridgehead atoms. The van der Waals surface area contributed by atoms with Gasteiger partial charge in [0.25, 0.3) is 0 Å². The van der Waals surface area contributed by atoms with Crippen molar-refractivity contribution in [2.24, 2.45) is 0 Å². The minimum Gasteiger partial charge on any atom is -0.311 e. The summed E-state index contributed by atoms with van der Waals surface area (Å²) in [6, 6.07) is 3.98. The fourth-order valence-corrected chi connectivity index (χ4v) is 1.20. The summed E-state index contributed by atoms with van der Waals surface area (Å²) < 4.78 is 0. The van der Waals surface area contributed by atoms with E-state index in [2.05, 4.69) is 10.3 Å². The average molecular weight is 231 g/mol. The maximum Gasteiger partial charge on any atom is 0.0431 e. The molecule has 1 aromatic rings. The van der Waals surface area contributed by atoms with Crippen LogP contribution in [0.25, 0.3) is 0 Å². The molecule has 1 rings (SSSR count). The number of nitrogens with one attached hydrogen (secondary N) is 1. The van der Waals surface area contributed by atoms with E-state index in [9.17, 15) is 0 Å². The third-order valence-electron chi connectivity index (χ3n) is 1.73. The minimum atomic E-state index is 0.616.